The first-order valence-electron chi connectivity index (χ1n) is 6.06. The minimum Gasteiger partial charge on any atom is -0.387 e. The lowest BCUT2D eigenvalue weighted by Gasteiger charge is -2.31. The first-order chi connectivity index (χ1) is 8.15. The van der Waals surface area contributed by atoms with Crippen molar-refractivity contribution < 1.29 is 5.11 Å². The highest BCUT2D eigenvalue weighted by Crippen LogP contribution is 2.19. The van der Waals surface area contributed by atoms with Crippen molar-refractivity contribution in [2.75, 3.05) is 19.6 Å². The molecule has 0 spiro atoms. The minimum atomic E-state index is -0.405. The number of aliphatic hydroxyl groups is 1. The molecular weight excluding hydrogens is 280 g/mol. The lowest BCUT2D eigenvalue weighted by molar-refractivity contribution is 0.0977. The second-order valence-electron chi connectivity index (χ2n) is 4.71. The molecule has 1 saturated heterocycles. The Morgan fingerprint density at radius 2 is 1.88 bits per heavy atom. The van der Waals surface area contributed by atoms with Crippen LogP contribution in [-0.4, -0.2) is 35.7 Å². The van der Waals surface area contributed by atoms with Gasteiger partial charge in [-0.2, -0.15) is 0 Å². The largest absolute Gasteiger partial charge is 0.387 e. The number of hydrogen-bond acceptors (Lipinski definition) is 3. The highest BCUT2D eigenvalue weighted by atomic mass is 79.9. The van der Waals surface area contributed by atoms with Gasteiger partial charge in [0, 0.05) is 17.1 Å². The topological polar surface area (TPSA) is 49.5 Å². The Labute approximate surface area is 111 Å². The van der Waals surface area contributed by atoms with Gasteiger partial charge in [-0.05, 0) is 43.6 Å². The molecule has 1 aliphatic rings. The number of likely N-dealkylation sites (tertiary alicyclic amines) is 1. The number of halogens is 1. The van der Waals surface area contributed by atoms with Crippen LogP contribution in [0.1, 0.15) is 24.5 Å². The fourth-order valence-corrected chi connectivity index (χ4v) is 2.43. The highest BCUT2D eigenvalue weighted by Gasteiger charge is 2.19. The van der Waals surface area contributed by atoms with Gasteiger partial charge in [0.15, 0.2) is 0 Å². The molecule has 0 aliphatic carbocycles. The van der Waals surface area contributed by atoms with Gasteiger partial charge in [-0.15, -0.1) is 0 Å². The molecule has 1 aromatic carbocycles. The molecule has 0 aromatic heterocycles. The van der Waals surface area contributed by atoms with E-state index in [1.54, 1.807) is 0 Å². The molecule has 0 amide bonds. The number of nitrogens with zero attached hydrogens (tertiary/aromatic N) is 1. The number of rotatable bonds is 3. The third-order valence-electron chi connectivity index (χ3n) is 3.32. The van der Waals surface area contributed by atoms with Crippen molar-refractivity contribution in [1.29, 1.82) is 0 Å². The predicted octanol–water partition coefficient (Wildman–Crippen LogP) is 1.91. The lowest BCUT2D eigenvalue weighted by atomic mass is 10.0. The van der Waals surface area contributed by atoms with Crippen molar-refractivity contribution in [3.05, 3.63) is 34.3 Å². The van der Waals surface area contributed by atoms with E-state index in [9.17, 15) is 5.11 Å². The Morgan fingerprint density at radius 1 is 1.29 bits per heavy atom. The monoisotopic (exact) mass is 298 g/mol. The Balaban J connectivity index is 1.88. The van der Waals surface area contributed by atoms with E-state index >= 15 is 0 Å². The van der Waals surface area contributed by atoms with Crippen LogP contribution in [-0.2, 0) is 0 Å². The van der Waals surface area contributed by atoms with Crippen molar-refractivity contribution in [3.63, 3.8) is 0 Å². The van der Waals surface area contributed by atoms with E-state index in [0.717, 1.165) is 36.0 Å². The van der Waals surface area contributed by atoms with Crippen LogP contribution in [0, 0.1) is 0 Å². The quantitative estimate of drug-likeness (QED) is 0.896. The van der Waals surface area contributed by atoms with Gasteiger partial charge in [0.05, 0.1) is 6.10 Å². The summed E-state index contributed by atoms with van der Waals surface area (Å²) >= 11 is 3.39. The van der Waals surface area contributed by atoms with Gasteiger partial charge in [0.25, 0.3) is 0 Å². The number of β-amino-alcohol motifs (C(OH)–C–C–N with tert-alkyl or cyclic N) is 1. The van der Waals surface area contributed by atoms with Gasteiger partial charge < -0.3 is 15.7 Å². The Hall–Kier alpha value is -0.420. The molecule has 1 fully saturated rings. The van der Waals surface area contributed by atoms with Crippen LogP contribution in [0.2, 0.25) is 0 Å². The number of piperidine rings is 1. The third-order valence-corrected chi connectivity index (χ3v) is 3.85. The molecule has 1 heterocycles. The SMILES string of the molecule is NC1CCN(CC(O)c2ccc(Br)cc2)CC1. The molecule has 0 radical (unpaired) electrons. The van der Waals surface area contributed by atoms with Gasteiger partial charge in [0.1, 0.15) is 0 Å². The fourth-order valence-electron chi connectivity index (χ4n) is 2.17. The summed E-state index contributed by atoms with van der Waals surface area (Å²) in [6.07, 6.45) is 1.66. The Kier molecular flexibility index (Phi) is 4.56. The first kappa shape index (κ1) is 13.0. The average Bonchev–Trinajstić information content (AvgIpc) is 2.33. The van der Waals surface area contributed by atoms with Crippen LogP contribution in [0.3, 0.4) is 0 Å². The summed E-state index contributed by atoms with van der Waals surface area (Å²) in [6.45, 7) is 2.69. The second-order valence-corrected chi connectivity index (χ2v) is 5.62. The zero-order valence-corrected chi connectivity index (χ0v) is 11.4. The Morgan fingerprint density at radius 3 is 2.47 bits per heavy atom. The molecule has 1 atom stereocenters. The van der Waals surface area contributed by atoms with Gasteiger partial charge in [-0.1, -0.05) is 28.1 Å². The maximum atomic E-state index is 10.1. The Bertz CT molecular complexity index is 347. The molecule has 0 bridgehead atoms. The van der Waals surface area contributed by atoms with Crippen LogP contribution in [0.25, 0.3) is 0 Å². The lowest BCUT2D eigenvalue weighted by Crippen LogP contribution is -2.41. The number of nitrogens with two attached hydrogens (primary N) is 1. The van der Waals surface area contributed by atoms with Crippen LogP contribution in [0.5, 0.6) is 0 Å². The van der Waals surface area contributed by atoms with Crippen LogP contribution >= 0.6 is 15.9 Å². The van der Waals surface area contributed by atoms with E-state index in [1.165, 1.54) is 0 Å². The zero-order chi connectivity index (χ0) is 12.3. The smallest absolute Gasteiger partial charge is 0.0916 e. The molecule has 4 heteroatoms. The van der Waals surface area contributed by atoms with Crippen molar-refractivity contribution >= 4 is 15.9 Å². The molecule has 3 nitrogen and oxygen atoms in total. The van der Waals surface area contributed by atoms with Gasteiger partial charge in [0.2, 0.25) is 0 Å². The minimum absolute atomic E-state index is 0.344. The van der Waals surface area contributed by atoms with Crippen LogP contribution < -0.4 is 5.73 Å². The average molecular weight is 299 g/mol. The zero-order valence-electron chi connectivity index (χ0n) is 9.85. The van der Waals surface area contributed by atoms with E-state index in [1.807, 2.05) is 24.3 Å². The highest BCUT2D eigenvalue weighted by molar-refractivity contribution is 9.10. The summed E-state index contributed by atoms with van der Waals surface area (Å²) in [5.41, 5.74) is 6.84. The summed E-state index contributed by atoms with van der Waals surface area (Å²) in [6, 6.07) is 8.19. The molecule has 0 saturated carbocycles. The normalized spacial score (nSPS) is 20.4. The predicted molar refractivity (Wildman–Crippen MR) is 72.8 cm³/mol. The summed E-state index contributed by atoms with van der Waals surface area (Å²) in [5, 5.41) is 10.1. The maximum absolute atomic E-state index is 10.1. The summed E-state index contributed by atoms with van der Waals surface area (Å²) in [5.74, 6) is 0. The van der Waals surface area contributed by atoms with Gasteiger partial charge >= 0.3 is 0 Å². The van der Waals surface area contributed by atoms with Gasteiger partial charge in [-0.25, -0.2) is 0 Å². The first-order valence-corrected chi connectivity index (χ1v) is 6.86. The molecule has 1 aliphatic heterocycles. The molecule has 94 valence electrons. The van der Waals surface area contributed by atoms with E-state index in [4.69, 9.17) is 5.73 Å². The van der Waals surface area contributed by atoms with E-state index < -0.39 is 6.10 Å². The summed E-state index contributed by atoms with van der Waals surface area (Å²) in [4.78, 5) is 2.29. The van der Waals surface area contributed by atoms with Crippen molar-refractivity contribution in [2.24, 2.45) is 5.73 Å². The molecule has 1 aromatic rings. The standard InChI is InChI=1S/C13H19BrN2O/c14-11-3-1-10(2-4-11)13(17)9-16-7-5-12(15)6-8-16/h1-4,12-13,17H,5-9,15H2. The van der Waals surface area contributed by atoms with Gasteiger partial charge in [-0.3, -0.25) is 0 Å². The molecule has 3 N–H and O–H groups in total. The molecule has 1 unspecified atom stereocenters. The number of benzene rings is 1. The van der Waals surface area contributed by atoms with Crippen molar-refractivity contribution in [3.8, 4) is 0 Å². The fraction of sp³-hybridized carbons (Fsp3) is 0.538. The second kappa shape index (κ2) is 5.96. The molecule has 2 rings (SSSR count). The third kappa shape index (κ3) is 3.78. The maximum Gasteiger partial charge on any atom is 0.0916 e. The number of hydrogen-bond donors (Lipinski definition) is 2. The number of aliphatic hydroxyl groups excluding tert-OH is 1. The van der Waals surface area contributed by atoms with Crippen molar-refractivity contribution in [1.82, 2.24) is 4.90 Å². The molecule has 17 heavy (non-hydrogen) atoms. The van der Waals surface area contributed by atoms with Crippen LogP contribution in [0.15, 0.2) is 28.7 Å². The summed E-state index contributed by atoms with van der Waals surface area (Å²) < 4.78 is 1.04. The van der Waals surface area contributed by atoms with E-state index in [2.05, 4.69) is 20.8 Å². The summed E-state index contributed by atoms with van der Waals surface area (Å²) in [7, 11) is 0. The van der Waals surface area contributed by atoms with E-state index in [-0.39, 0.29) is 0 Å². The van der Waals surface area contributed by atoms with Crippen molar-refractivity contribution in [2.45, 2.75) is 25.0 Å². The van der Waals surface area contributed by atoms with E-state index in [0.29, 0.717) is 12.6 Å². The van der Waals surface area contributed by atoms with Crippen LogP contribution in [0.4, 0.5) is 0 Å². The molecular formula is C13H19BrN2O.